The van der Waals surface area contributed by atoms with E-state index in [1.165, 1.54) is 18.2 Å². The molecular weight excluding hydrogens is 481 g/mol. The van der Waals surface area contributed by atoms with Crippen LogP contribution in [-0.4, -0.2) is 16.8 Å². The first-order valence-electron chi connectivity index (χ1n) is 8.04. The van der Waals surface area contributed by atoms with Crippen LogP contribution in [0.1, 0.15) is 0 Å². The van der Waals surface area contributed by atoms with Crippen molar-refractivity contribution in [1.82, 2.24) is 0 Å². The van der Waals surface area contributed by atoms with Crippen LogP contribution in [-0.2, 0) is 20.0 Å². The summed E-state index contributed by atoms with van der Waals surface area (Å²) in [4.78, 5) is -1.05. The Labute approximate surface area is 181 Å². The van der Waals surface area contributed by atoms with Crippen LogP contribution in [0.2, 0.25) is 10.0 Å². The molecule has 0 amide bonds. The van der Waals surface area contributed by atoms with E-state index in [-0.39, 0.29) is 26.3 Å². The van der Waals surface area contributed by atoms with Gasteiger partial charge in [0.1, 0.15) is 16.5 Å². The van der Waals surface area contributed by atoms with Gasteiger partial charge in [-0.15, -0.1) is 0 Å². The minimum Gasteiger partial charge on any atom is -0.280 e. The van der Waals surface area contributed by atoms with Crippen molar-refractivity contribution < 1.29 is 25.6 Å². The molecule has 0 heterocycles. The van der Waals surface area contributed by atoms with Crippen LogP contribution in [0.5, 0.6) is 0 Å². The molecule has 158 valence electrons. The van der Waals surface area contributed by atoms with E-state index < -0.39 is 36.6 Å². The van der Waals surface area contributed by atoms with Crippen molar-refractivity contribution in [1.29, 1.82) is 0 Å². The highest BCUT2D eigenvalue weighted by atomic mass is 35.5. The molecule has 3 aromatic rings. The largest absolute Gasteiger partial charge is 0.280 e. The topological polar surface area (TPSA) is 92.3 Å². The summed E-state index contributed by atoms with van der Waals surface area (Å²) in [6, 6.07) is 10.8. The number of sulfonamides is 2. The molecule has 0 bridgehead atoms. The van der Waals surface area contributed by atoms with Gasteiger partial charge in [0.05, 0.1) is 20.6 Å². The van der Waals surface area contributed by atoms with E-state index in [9.17, 15) is 25.6 Å². The molecule has 0 fully saturated rings. The van der Waals surface area contributed by atoms with Crippen LogP contribution >= 0.6 is 23.2 Å². The van der Waals surface area contributed by atoms with Crippen molar-refractivity contribution in [3.8, 4) is 0 Å². The highest BCUT2D eigenvalue weighted by Crippen LogP contribution is 2.27. The number of hydrogen-bond donors (Lipinski definition) is 2. The fourth-order valence-electron chi connectivity index (χ4n) is 2.37. The summed E-state index contributed by atoms with van der Waals surface area (Å²) >= 11 is 11.7. The van der Waals surface area contributed by atoms with E-state index in [0.29, 0.717) is 12.1 Å². The average molecular weight is 493 g/mol. The average Bonchev–Trinajstić information content (AvgIpc) is 2.66. The fraction of sp³-hybridized carbons (Fsp3) is 0. The Bertz CT molecular complexity index is 1320. The molecule has 30 heavy (non-hydrogen) atoms. The maximum Gasteiger partial charge on any atom is 0.264 e. The first-order chi connectivity index (χ1) is 14.0. The monoisotopic (exact) mass is 492 g/mol. The van der Waals surface area contributed by atoms with E-state index in [1.54, 1.807) is 0 Å². The molecule has 0 aliphatic carbocycles. The van der Waals surface area contributed by atoms with Gasteiger partial charge in [-0.2, -0.15) is 0 Å². The second-order valence-corrected chi connectivity index (χ2v) is 10.1. The lowest BCUT2D eigenvalue weighted by Crippen LogP contribution is -2.16. The van der Waals surface area contributed by atoms with Gasteiger partial charge in [0.15, 0.2) is 0 Å². The molecule has 0 saturated heterocycles. The summed E-state index contributed by atoms with van der Waals surface area (Å²) in [6.45, 7) is 0. The van der Waals surface area contributed by atoms with Crippen LogP contribution in [0, 0.1) is 11.6 Å². The maximum atomic E-state index is 13.8. The van der Waals surface area contributed by atoms with Crippen molar-refractivity contribution in [3.63, 3.8) is 0 Å². The fourth-order valence-corrected chi connectivity index (χ4v) is 4.87. The third kappa shape index (κ3) is 5.01. The Morgan fingerprint density at radius 3 is 1.90 bits per heavy atom. The van der Waals surface area contributed by atoms with Crippen LogP contribution < -0.4 is 9.44 Å². The zero-order valence-corrected chi connectivity index (χ0v) is 17.9. The lowest BCUT2D eigenvalue weighted by molar-refractivity contribution is 0.555. The third-order valence-corrected chi connectivity index (χ3v) is 7.30. The Balaban J connectivity index is 1.81. The van der Waals surface area contributed by atoms with Gasteiger partial charge in [-0.05, 0) is 60.7 Å². The molecule has 0 aromatic heterocycles. The van der Waals surface area contributed by atoms with Gasteiger partial charge >= 0.3 is 0 Å². The molecule has 6 nitrogen and oxygen atoms in total. The predicted molar refractivity (Wildman–Crippen MR) is 111 cm³/mol. The minimum absolute atomic E-state index is 0.0489. The molecule has 2 N–H and O–H groups in total. The molecule has 3 rings (SSSR count). The van der Waals surface area contributed by atoms with Gasteiger partial charge in [0.25, 0.3) is 20.0 Å². The summed E-state index contributed by atoms with van der Waals surface area (Å²) in [7, 11) is -8.44. The molecule has 0 aliphatic rings. The smallest absolute Gasteiger partial charge is 0.264 e. The molecule has 3 aromatic carbocycles. The first kappa shape index (κ1) is 22.3. The van der Waals surface area contributed by atoms with Gasteiger partial charge in [-0.1, -0.05) is 23.2 Å². The summed E-state index contributed by atoms with van der Waals surface area (Å²) in [5.41, 5.74) is 0.128. The highest BCUT2D eigenvalue weighted by Gasteiger charge is 2.21. The van der Waals surface area contributed by atoms with Gasteiger partial charge in [-0.25, -0.2) is 25.6 Å². The van der Waals surface area contributed by atoms with E-state index in [4.69, 9.17) is 23.2 Å². The van der Waals surface area contributed by atoms with Crippen LogP contribution in [0.3, 0.4) is 0 Å². The summed E-state index contributed by atoms with van der Waals surface area (Å²) in [5.74, 6) is -2.06. The Morgan fingerprint density at radius 1 is 0.667 bits per heavy atom. The predicted octanol–water partition coefficient (Wildman–Crippen LogP) is 4.87. The second-order valence-electron chi connectivity index (χ2n) is 5.94. The number of benzene rings is 3. The second kappa shape index (κ2) is 8.38. The minimum atomic E-state index is -4.43. The SMILES string of the molecule is O=S(=O)(Nc1ccc(Cl)c(Cl)c1)c1ccc(NS(=O)(=O)c2cc(F)ccc2F)cc1. The summed E-state index contributed by atoms with van der Waals surface area (Å²) < 4.78 is 80.9. The summed E-state index contributed by atoms with van der Waals surface area (Å²) in [5, 5.41) is 0.414. The van der Waals surface area contributed by atoms with Crippen molar-refractivity contribution in [2.75, 3.05) is 9.44 Å². The molecule has 0 spiro atoms. The van der Waals surface area contributed by atoms with Crippen LogP contribution in [0.25, 0.3) is 0 Å². The Kier molecular flexibility index (Phi) is 6.23. The summed E-state index contributed by atoms with van der Waals surface area (Å²) in [6.07, 6.45) is 0. The number of halogens is 4. The van der Waals surface area contributed by atoms with Crippen LogP contribution in [0.4, 0.5) is 20.2 Å². The highest BCUT2D eigenvalue weighted by molar-refractivity contribution is 7.93. The zero-order valence-electron chi connectivity index (χ0n) is 14.7. The lowest BCUT2D eigenvalue weighted by Gasteiger charge is -2.11. The third-order valence-electron chi connectivity index (χ3n) is 3.77. The van der Waals surface area contributed by atoms with E-state index in [2.05, 4.69) is 9.44 Å². The molecule has 0 saturated carbocycles. The van der Waals surface area contributed by atoms with E-state index in [0.717, 1.165) is 30.3 Å². The van der Waals surface area contributed by atoms with Crippen molar-refractivity contribution in [2.24, 2.45) is 0 Å². The van der Waals surface area contributed by atoms with Crippen LogP contribution in [0.15, 0.2) is 70.5 Å². The molecule has 0 unspecified atom stereocenters. The lowest BCUT2D eigenvalue weighted by atomic mass is 10.3. The number of rotatable bonds is 6. The number of hydrogen-bond acceptors (Lipinski definition) is 4. The van der Waals surface area contributed by atoms with Gasteiger partial charge in [0.2, 0.25) is 0 Å². The molecular formula is C18H12Cl2F2N2O4S2. The van der Waals surface area contributed by atoms with Crippen molar-refractivity contribution in [3.05, 3.63) is 82.3 Å². The van der Waals surface area contributed by atoms with Gasteiger partial charge < -0.3 is 0 Å². The Morgan fingerprint density at radius 2 is 1.27 bits per heavy atom. The molecule has 12 heteroatoms. The number of anilines is 2. The van der Waals surface area contributed by atoms with E-state index in [1.807, 2.05) is 0 Å². The van der Waals surface area contributed by atoms with Gasteiger partial charge in [-0.3, -0.25) is 9.44 Å². The normalized spacial score (nSPS) is 11.9. The Hall–Kier alpha value is -2.40. The molecule has 0 radical (unpaired) electrons. The zero-order chi connectivity index (χ0) is 22.1. The van der Waals surface area contributed by atoms with Gasteiger partial charge in [0, 0.05) is 5.69 Å². The van der Waals surface area contributed by atoms with Crippen molar-refractivity contribution >= 4 is 54.6 Å². The molecule has 0 aliphatic heterocycles. The first-order valence-corrected chi connectivity index (χ1v) is 11.8. The molecule has 0 atom stereocenters. The quantitative estimate of drug-likeness (QED) is 0.513. The number of nitrogens with one attached hydrogen (secondary N) is 2. The van der Waals surface area contributed by atoms with E-state index >= 15 is 0 Å². The maximum absolute atomic E-state index is 13.8. The standard InChI is InChI=1S/C18H12Cl2F2N2O4S2/c19-15-7-4-13(10-16(15)20)24-29(25,26)14-5-2-12(3-6-14)23-30(27,28)18-9-11(21)1-8-17(18)22/h1-10,23-24H. The van der Waals surface area contributed by atoms with Crippen molar-refractivity contribution in [2.45, 2.75) is 9.79 Å².